The lowest BCUT2D eigenvalue weighted by molar-refractivity contribution is -0.118. The molecule has 0 radical (unpaired) electrons. The Morgan fingerprint density at radius 3 is 2.32 bits per heavy atom. The summed E-state index contributed by atoms with van der Waals surface area (Å²) in [6, 6.07) is 11.5. The van der Waals surface area contributed by atoms with E-state index in [0.29, 0.717) is 31.3 Å². The number of carbonyl (C=O) groups excluding carboxylic acids is 1. The van der Waals surface area contributed by atoms with Crippen LogP contribution in [0.1, 0.15) is 27.2 Å². The van der Waals surface area contributed by atoms with Crippen LogP contribution in [0, 0.1) is 0 Å². The Labute approximate surface area is 201 Å². The number of morpholine rings is 1. The number of carbonyl (C=O) groups is 1. The minimum Gasteiger partial charge on any atom is -0.494 e. The van der Waals surface area contributed by atoms with Crippen molar-refractivity contribution in [3.05, 3.63) is 42.5 Å². The minimum absolute atomic E-state index is 0.0735. The summed E-state index contributed by atoms with van der Waals surface area (Å²) >= 11 is 0. The van der Waals surface area contributed by atoms with E-state index in [2.05, 4.69) is 5.32 Å². The third-order valence-corrected chi connectivity index (χ3v) is 6.76. The molecule has 0 bridgehead atoms. The number of benzene rings is 2. The molecule has 1 fully saturated rings. The van der Waals surface area contributed by atoms with E-state index in [1.807, 2.05) is 20.8 Å². The average Bonchev–Trinajstić information content (AvgIpc) is 2.83. The molecule has 3 rings (SSSR count). The van der Waals surface area contributed by atoms with Gasteiger partial charge >= 0.3 is 0 Å². The first-order valence-electron chi connectivity index (χ1n) is 11.3. The predicted octanol–water partition coefficient (Wildman–Crippen LogP) is 3.30. The summed E-state index contributed by atoms with van der Waals surface area (Å²) in [4.78, 5) is 12.7. The molecular formula is C24H32N2O7S. The number of hydrogen-bond donors (Lipinski definition) is 1. The second-order valence-corrected chi connectivity index (χ2v) is 9.94. The van der Waals surface area contributed by atoms with E-state index >= 15 is 0 Å². The number of anilines is 1. The summed E-state index contributed by atoms with van der Waals surface area (Å²) in [6.45, 7) is 7.36. The molecule has 1 saturated heterocycles. The summed E-state index contributed by atoms with van der Waals surface area (Å²) in [5.74, 6) is 1.18. The summed E-state index contributed by atoms with van der Waals surface area (Å²) in [5, 5.41) is 2.72. The first-order valence-corrected chi connectivity index (χ1v) is 12.8. The molecule has 1 aliphatic heterocycles. The Kier molecular flexibility index (Phi) is 9.14. The molecule has 0 spiro atoms. The molecule has 34 heavy (non-hydrogen) atoms. The van der Waals surface area contributed by atoms with Gasteiger partial charge in [0.25, 0.3) is 5.91 Å². The van der Waals surface area contributed by atoms with Crippen molar-refractivity contribution in [1.29, 1.82) is 0 Å². The van der Waals surface area contributed by atoms with Crippen molar-refractivity contribution in [2.24, 2.45) is 0 Å². The molecule has 2 aromatic carbocycles. The van der Waals surface area contributed by atoms with Gasteiger partial charge in [0.15, 0.2) is 6.61 Å². The van der Waals surface area contributed by atoms with Gasteiger partial charge in [0.1, 0.15) is 17.2 Å². The molecule has 1 amide bonds. The Balaban J connectivity index is 1.70. The van der Waals surface area contributed by atoms with Gasteiger partial charge in [-0.1, -0.05) is 6.92 Å². The Morgan fingerprint density at radius 2 is 1.71 bits per heavy atom. The zero-order chi connectivity index (χ0) is 24.6. The van der Waals surface area contributed by atoms with Crippen LogP contribution in [0.2, 0.25) is 0 Å². The molecule has 1 heterocycles. The molecule has 1 aliphatic rings. The van der Waals surface area contributed by atoms with E-state index < -0.39 is 15.9 Å². The number of sulfonamides is 1. The Morgan fingerprint density at radius 1 is 1.06 bits per heavy atom. The third kappa shape index (κ3) is 7.09. The van der Waals surface area contributed by atoms with Gasteiger partial charge in [-0.05, 0) is 62.7 Å². The van der Waals surface area contributed by atoms with Crippen LogP contribution >= 0.6 is 0 Å². The maximum Gasteiger partial charge on any atom is 0.262 e. The second kappa shape index (κ2) is 12.0. The molecule has 0 aromatic heterocycles. The summed E-state index contributed by atoms with van der Waals surface area (Å²) in [5.41, 5.74) is 0.264. The highest BCUT2D eigenvalue weighted by atomic mass is 32.2. The van der Waals surface area contributed by atoms with Crippen molar-refractivity contribution >= 4 is 21.6 Å². The van der Waals surface area contributed by atoms with E-state index in [0.717, 1.165) is 12.2 Å². The Hall–Kier alpha value is -2.82. The maximum atomic E-state index is 13.0. The van der Waals surface area contributed by atoms with E-state index in [9.17, 15) is 13.2 Å². The first kappa shape index (κ1) is 25.8. The van der Waals surface area contributed by atoms with Gasteiger partial charge in [-0.25, -0.2) is 8.42 Å². The molecule has 2 aromatic rings. The SMILES string of the molecule is CCCOc1ccc(OCC(=O)Nc2cc(S(=O)(=O)N3CCOCC3)ccc2OC(C)C)cc1. The quantitative estimate of drug-likeness (QED) is 0.513. The highest BCUT2D eigenvalue weighted by Gasteiger charge is 2.27. The minimum atomic E-state index is -3.73. The molecule has 186 valence electrons. The highest BCUT2D eigenvalue weighted by Crippen LogP contribution is 2.30. The summed E-state index contributed by atoms with van der Waals surface area (Å²) in [6.07, 6.45) is 0.748. The topological polar surface area (TPSA) is 103 Å². The molecular weight excluding hydrogens is 460 g/mol. The number of nitrogens with zero attached hydrogens (tertiary/aromatic N) is 1. The number of ether oxygens (including phenoxy) is 4. The molecule has 0 aliphatic carbocycles. The van der Waals surface area contributed by atoms with E-state index in [-0.39, 0.29) is 36.4 Å². The van der Waals surface area contributed by atoms with Gasteiger partial charge in [-0.15, -0.1) is 0 Å². The summed E-state index contributed by atoms with van der Waals surface area (Å²) in [7, 11) is -3.73. The van der Waals surface area contributed by atoms with Crippen molar-refractivity contribution in [2.45, 2.75) is 38.2 Å². The van der Waals surface area contributed by atoms with Gasteiger partial charge in [-0.2, -0.15) is 4.31 Å². The zero-order valence-corrected chi connectivity index (χ0v) is 20.6. The molecule has 9 nitrogen and oxygen atoms in total. The number of rotatable bonds is 11. The van der Waals surface area contributed by atoms with Crippen LogP contribution in [0.25, 0.3) is 0 Å². The monoisotopic (exact) mass is 492 g/mol. The van der Waals surface area contributed by atoms with E-state index in [1.54, 1.807) is 30.3 Å². The fourth-order valence-corrected chi connectivity index (χ4v) is 4.68. The van der Waals surface area contributed by atoms with Crippen molar-refractivity contribution < 1.29 is 32.2 Å². The molecule has 0 atom stereocenters. The molecule has 10 heteroatoms. The fraction of sp³-hybridized carbons (Fsp3) is 0.458. The standard InChI is InChI=1S/C24H32N2O7S/c1-4-13-31-19-5-7-20(8-6-19)32-17-24(27)25-22-16-21(9-10-23(22)33-18(2)3)34(28,29)26-11-14-30-15-12-26/h5-10,16,18H,4,11-15,17H2,1-3H3,(H,25,27). The fourth-order valence-electron chi connectivity index (χ4n) is 3.25. The smallest absolute Gasteiger partial charge is 0.262 e. The number of amides is 1. The van der Waals surface area contributed by atoms with E-state index in [1.165, 1.54) is 16.4 Å². The van der Waals surface area contributed by atoms with Crippen LogP contribution in [-0.2, 0) is 19.6 Å². The van der Waals surface area contributed by atoms with Crippen molar-refractivity contribution in [2.75, 3.05) is 44.8 Å². The normalized spacial score (nSPS) is 14.6. The van der Waals surface area contributed by atoms with Crippen molar-refractivity contribution in [1.82, 2.24) is 4.31 Å². The molecule has 0 saturated carbocycles. The predicted molar refractivity (Wildman–Crippen MR) is 128 cm³/mol. The van der Waals surface area contributed by atoms with Crippen LogP contribution < -0.4 is 19.5 Å². The summed E-state index contributed by atoms with van der Waals surface area (Å²) < 4.78 is 49.6. The van der Waals surface area contributed by atoms with Crippen molar-refractivity contribution in [3.63, 3.8) is 0 Å². The van der Waals surface area contributed by atoms with Gasteiger partial charge in [0.2, 0.25) is 10.0 Å². The largest absolute Gasteiger partial charge is 0.494 e. The van der Waals surface area contributed by atoms with Crippen LogP contribution in [-0.4, -0.2) is 64.3 Å². The lowest BCUT2D eigenvalue weighted by Gasteiger charge is -2.26. The maximum absolute atomic E-state index is 13.0. The van der Waals surface area contributed by atoms with Crippen LogP contribution in [0.3, 0.4) is 0 Å². The molecule has 1 N–H and O–H groups in total. The van der Waals surface area contributed by atoms with Crippen LogP contribution in [0.15, 0.2) is 47.4 Å². The number of nitrogens with one attached hydrogen (secondary N) is 1. The number of hydrogen-bond acceptors (Lipinski definition) is 7. The second-order valence-electron chi connectivity index (χ2n) is 8.00. The van der Waals surface area contributed by atoms with E-state index in [4.69, 9.17) is 18.9 Å². The lowest BCUT2D eigenvalue weighted by Crippen LogP contribution is -2.40. The van der Waals surface area contributed by atoms with Gasteiger partial charge in [-0.3, -0.25) is 4.79 Å². The van der Waals surface area contributed by atoms with Crippen molar-refractivity contribution in [3.8, 4) is 17.2 Å². The third-order valence-electron chi connectivity index (χ3n) is 4.86. The Bertz CT molecular complexity index is 1050. The van der Waals surface area contributed by atoms with Gasteiger partial charge in [0, 0.05) is 13.1 Å². The zero-order valence-electron chi connectivity index (χ0n) is 19.8. The first-order chi connectivity index (χ1) is 16.3. The lowest BCUT2D eigenvalue weighted by atomic mass is 10.3. The molecule has 0 unspecified atom stereocenters. The van der Waals surface area contributed by atoms with Gasteiger partial charge in [0.05, 0.1) is 36.5 Å². The van der Waals surface area contributed by atoms with Crippen LogP contribution in [0.4, 0.5) is 5.69 Å². The average molecular weight is 493 g/mol. The van der Waals surface area contributed by atoms with Gasteiger partial charge < -0.3 is 24.3 Å². The van der Waals surface area contributed by atoms with Crippen LogP contribution in [0.5, 0.6) is 17.2 Å². The highest BCUT2D eigenvalue weighted by molar-refractivity contribution is 7.89.